The lowest BCUT2D eigenvalue weighted by Gasteiger charge is -2.36. The first-order valence-electron chi connectivity index (χ1n) is 6.93. The topological polar surface area (TPSA) is 75.8 Å². The molecule has 5 nitrogen and oxygen atoms in total. The zero-order valence-electron chi connectivity index (χ0n) is 11.1. The van der Waals surface area contributed by atoms with Crippen LogP contribution in [0.25, 0.3) is 0 Å². The molecule has 18 heavy (non-hydrogen) atoms. The molecule has 2 fully saturated rings. The summed E-state index contributed by atoms with van der Waals surface area (Å²) in [5.74, 6) is -0.853. The minimum atomic E-state index is -0.999. The first-order chi connectivity index (χ1) is 8.55. The molecular weight excluding hydrogens is 232 g/mol. The number of ether oxygens (including phenoxy) is 1. The van der Waals surface area contributed by atoms with Crippen LogP contribution in [0, 0.1) is 0 Å². The molecule has 0 bridgehead atoms. The molecule has 104 valence electrons. The van der Waals surface area contributed by atoms with Gasteiger partial charge in [0, 0.05) is 25.7 Å². The fraction of sp³-hybridized carbons (Fsp3) is 0.923. The summed E-state index contributed by atoms with van der Waals surface area (Å²) in [6.45, 7) is 4.81. The number of carboxylic acid groups (broad SMARTS) is 1. The molecule has 0 aromatic rings. The second kappa shape index (κ2) is 5.55. The largest absolute Gasteiger partial charge is 0.480 e. The van der Waals surface area contributed by atoms with Crippen LogP contribution < -0.4 is 5.73 Å². The van der Waals surface area contributed by atoms with Crippen LogP contribution >= 0.6 is 0 Å². The number of aliphatic carboxylic acids is 1. The van der Waals surface area contributed by atoms with Crippen LogP contribution in [0.15, 0.2) is 0 Å². The van der Waals surface area contributed by atoms with E-state index in [0.717, 1.165) is 39.0 Å². The molecule has 1 aliphatic carbocycles. The van der Waals surface area contributed by atoms with E-state index in [2.05, 4.69) is 4.90 Å². The predicted octanol–water partition coefficient (Wildman–Crippen LogP) is 0.822. The lowest BCUT2D eigenvalue weighted by molar-refractivity contribution is -0.143. The third-order valence-corrected chi connectivity index (χ3v) is 4.34. The van der Waals surface area contributed by atoms with Gasteiger partial charge in [0.05, 0.1) is 6.10 Å². The second-order valence-corrected chi connectivity index (χ2v) is 5.55. The number of rotatable bonds is 4. The monoisotopic (exact) mass is 256 g/mol. The average molecular weight is 256 g/mol. The van der Waals surface area contributed by atoms with Crippen LogP contribution in [-0.4, -0.2) is 53.4 Å². The summed E-state index contributed by atoms with van der Waals surface area (Å²) >= 11 is 0. The summed E-state index contributed by atoms with van der Waals surface area (Å²) in [6.07, 6.45) is 4.57. The van der Waals surface area contributed by atoms with Crippen molar-refractivity contribution < 1.29 is 14.6 Å². The van der Waals surface area contributed by atoms with Gasteiger partial charge in [-0.2, -0.15) is 0 Å². The van der Waals surface area contributed by atoms with Crippen molar-refractivity contribution in [3.63, 3.8) is 0 Å². The smallest absolute Gasteiger partial charge is 0.323 e. The van der Waals surface area contributed by atoms with Crippen molar-refractivity contribution in [1.82, 2.24) is 4.90 Å². The minimum absolute atomic E-state index is 0.341. The van der Waals surface area contributed by atoms with Crippen LogP contribution in [0.1, 0.15) is 39.0 Å². The van der Waals surface area contributed by atoms with Gasteiger partial charge in [-0.3, -0.25) is 4.79 Å². The number of hydrogen-bond acceptors (Lipinski definition) is 4. The van der Waals surface area contributed by atoms with E-state index in [9.17, 15) is 4.79 Å². The Balaban J connectivity index is 1.83. The quantitative estimate of drug-likeness (QED) is 0.779. The van der Waals surface area contributed by atoms with Gasteiger partial charge in [-0.1, -0.05) is 0 Å². The number of nitrogens with two attached hydrogens (primary N) is 1. The SMILES string of the molecule is CCOC1CCN(C2CCC(N)(C(=O)O)C2)CC1. The molecule has 2 aliphatic rings. The molecule has 0 spiro atoms. The van der Waals surface area contributed by atoms with E-state index >= 15 is 0 Å². The summed E-state index contributed by atoms with van der Waals surface area (Å²) in [6, 6.07) is 0.341. The lowest BCUT2D eigenvalue weighted by Crippen LogP contribution is -2.48. The van der Waals surface area contributed by atoms with Crippen molar-refractivity contribution in [2.24, 2.45) is 5.73 Å². The Labute approximate surface area is 108 Å². The molecule has 1 heterocycles. The highest BCUT2D eigenvalue weighted by Gasteiger charge is 2.44. The van der Waals surface area contributed by atoms with Gasteiger partial charge in [-0.05, 0) is 39.0 Å². The molecule has 2 rings (SSSR count). The average Bonchev–Trinajstić information content (AvgIpc) is 2.75. The fourth-order valence-corrected chi connectivity index (χ4v) is 3.20. The number of likely N-dealkylation sites (tertiary alicyclic amines) is 1. The van der Waals surface area contributed by atoms with Crippen molar-refractivity contribution in [2.75, 3.05) is 19.7 Å². The minimum Gasteiger partial charge on any atom is -0.480 e. The van der Waals surface area contributed by atoms with Crippen molar-refractivity contribution in [3.05, 3.63) is 0 Å². The number of carboxylic acids is 1. The Hall–Kier alpha value is -0.650. The van der Waals surface area contributed by atoms with Crippen LogP contribution in [0.4, 0.5) is 0 Å². The second-order valence-electron chi connectivity index (χ2n) is 5.55. The van der Waals surface area contributed by atoms with Gasteiger partial charge in [0.15, 0.2) is 0 Å². The Morgan fingerprint density at radius 2 is 2.11 bits per heavy atom. The molecule has 5 heteroatoms. The standard InChI is InChI=1S/C13H24N2O3/c1-2-18-11-4-7-15(8-5-11)10-3-6-13(14,9-10)12(16)17/h10-11H,2-9,14H2,1H3,(H,16,17). The first kappa shape index (κ1) is 13.8. The molecular formula is C13H24N2O3. The van der Waals surface area contributed by atoms with E-state index < -0.39 is 11.5 Å². The van der Waals surface area contributed by atoms with Gasteiger partial charge < -0.3 is 20.5 Å². The third kappa shape index (κ3) is 2.84. The highest BCUT2D eigenvalue weighted by Crippen LogP contribution is 2.33. The van der Waals surface area contributed by atoms with E-state index in [4.69, 9.17) is 15.6 Å². The number of piperidine rings is 1. The van der Waals surface area contributed by atoms with E-state index in [1.165, 1.54) is 0 Å². The maximum Gasteiger partial charge on any atom is 0.323 e. The molecule has 0 aromatic heterocycles. The van der Waals surface area contributed by atoms with E-state index in [0.29, 0.717) is 25.0 Å². The highest BCUT2D eigenvalue weighted by molar-refractivity contribution is 5.79. The molecule has 3 N–H and O–H groups in total. The lowest BCUT2D eigenvalue weighted by atomic mass is 9.98. The third-order valence-electron chi connectivity index (χ3n) is 4.34. The zero-order chi connectivity index (χ0) is 13.2. The molecule has 0 radical (unpaired) electrons. The molecule has 0 amide bonds. The summed E-state index contributed by atoms with van der Waals surface area (Å²) < 4.78 is 5.63. The first-order valence-corrected chi connectivity index (χ1v) is 6.93. The normalized spacial score (nSPS) is 34.9. The van der Waals surface area contributed by atoms with E-state index in [1.807, 2.05) is 6.92 Å². The van der Waals surface area contributed by atoms with Crippen molar-refractivity contribution in [2.45, 2.75) is 56.7 Å². The molecule has 1 saturated carbocycles. The van der Waals surface area contributed by atoms with Crippen molar-refractivity contribution >= 4 is 5.97 Å². The predicted molar refractivity (Wildman–Crippen MR) is 68.4 cm³/mol. The Morgan fingerprint density at radius 1 is 1.44 bits per heavy atom. The summed E-state index contributed by atoms with van der Waals surface area (Å²) in [5.41, 5.74) is 4.92. The molecule has 1 aliphatic heterocycles. The van der Waals surface area contributed by atoms with Gasteiger partial charge in [-0.15, -0.1) is 0 Å². The van der Waals surface area contributed by atoms with Crippen LogP contribution in [0.5, 0.6) is 0 Å². The molecule has 2 atom stereocenters. The molecule has 1 saturated heterocycles. The Morgan fingerprint density at radius 3 is 2.61 bits per heavy atom. The summed E-state index contributed by atoms with van der Waals surface area (Å²) in [5, 5.41) is 9.14. The van der Waals surface area contributed by atoms with Crippen LogP contribution in [0.2, 0.25) is 0 Å². The maximum absolute atomic E-state index is 11.1. The molecule has 2 unspecified atom stereocenters. The van der Waals surface area contributed by atoms with Gasteiger partial charge in [0.1, 0.15) is 5.54 Å². The fourth-order valence-electron chi connectivity index (χ4n) is 3.20. The van der Waals surface area contributed by atoms with Gasteiger partial charge in [0.25, 0.3) is 0 Å². The number of hydrogen-bond donors (Lipinski definition) is 2. The Kier molecular flexibility index (Phi) is 4.25. The van der Waals surface area contributed by atoms with Crippen molar-refractivity contribution in [1.29, 1.82) is 0 Å². The van der Waals surface area contributed by atoms with Crippen LogP contribution in [-0.2, 0) is 9.53 Å². The van der Waals surface area contributed by atoms with Gasteiger partial charge in [0.2, 0.25) is 0 Å². The highest BCUT2D eigenvalue weighted by atomic mass is 16.5. The van der Waals surface area contributed by atoms with E-state index in [-0.39, 0.29) is 0 Å². The number of carbonyl (C=O) groups is 1. The zero-order valence-corrected chi connectivity index (χ0v) is 11.1. The number of nitrogens with zero attached hydrogens (tertiary/aromatic N) is 1. The molecule has 0 aromatic carbocycles. The van der Waals surface area contributed by atoms with E-state index in [1.54, 1.807) is 0 Å². The van der Waals surface area contributed by atoms with Crippen LogP contribution in [0.3, 0.4) is 0 Å². The van der Waals surface area contributed by atoms with Gasteiger partial charge >= 0.3 is 5.97 Å². The summed E-state index contributed by atoms with van der Waals surface area (Å²) in [7, 11) is 0. The summed E-state index contributed by atoms with van der Waals surface area (Å²) in [4.78, 5) is 13.5. The van der Waals surface area contributed by atoms with Gasteiger partial charge in [-0.25, -0.2) is 0 Å². The maximum atomic E-state index is 11.1. The van der Waals surface area contributed by atoms with Crippen molar-refractivity contribution in [3.8, 4) is 0 Å². The Bertz CT molecular complexity index is 303.